The molecule has 174 valence electrons. The molecular formula is C25H28FN3O3S. The summed E-state index contributed by atoms with van der Waals surface area (Å²) in [7, 11) is -1.86. The predicted molar refractivity (Wildman–Crippen MR) is 127 cm³/mol. The van der Waals surface area contributed by atoms with E-state index in [4.69, 9.17) is 0 Å². The van der Waals surface area contributed by atoms with Crippen molar-refractivity contribution in [2.45, 2.75) is 43.5 Å². The van der Waals surface area contributed by atoms with Crippen molar-refractivity contribution in [3.05, 3.63) is 66.1 Å². The molecule has 1 aliphatic rings. The normalized spacial score (nSPS) is 20.2. The Labute approximate surface area is 193 Å². The average molecular weight is 470 g/mol. The standard InChI is InChI=1S/C25H28FN3O3S/c1-17(19-7-9-22(26)10-8-19)28-25(30)20-5-3-18(4-6-20)16-27-33(31,32)23-11-12-24-21(15-23)13-14-29(24)2/h7-18,20H,3-6H2,1-2H3,(H,28,30)/t17-,18?,20?/m1/s1. The molecule has 1 saturated carbocycles. The van der Waals surface area contributed by atoms with Crippen LogP contribution in [0.5, 0.6) is 0 Å². The number of carbonyl (C=O) groups is 1. The van der Waals surface area contributed by atoms with Gasteiger partial charge in [-0.2, -0.15) is 12.8 Å². The van der Waals surface area contributed by atoms with Crippen LogP contribution < -0.4 is 5.32 Å². The van der Waals surface area contributed by atoms with Crippen LogP contribution in [-0.4, -0.2) is 25.1 Å². The average Bonchev–Trinajstić information content (AvgIpc) is 3.18. The topological polar surface area (TPSA) is 80.5 Å². The van der Waals surface area contributed by atoms with E-state index < -0.39 is 10.0 Å². The fraction of sp³-hybridized carbons (Fsp3) is 0.360. The molecule has 0 saturated heterocycles. The molecule has 1 fully saturated rings. The van der Waals surface area contributed by atoms with E-state index in [1.807, 2.05) is 30.8 Å². The highest BCUT2D eigenvalue weighted by Crippen LogP contribution is 2.29. The lowest BCUT2D eigenvalue weighted by Crippen LogP contribution is -2.35. The highest BCUT2D eigenvalue weighted by atomic mass is 32.2. The molecule has 6 nitrogen and oxygen atoms in total. The van der Waals surface area contributed by atoms with Gasteiger partial charge in [-0.3, -0.25) is 4.79 Å². The minimum absolute atomic E-state index is 0.0222. The number of sulfonamides is 1. The molecule has 1 heterocycles. The number of halogens is 1. The Kier molecular flexibility index (Phi) is 6.65. The third-order valence-electron chi connectivity index (χ3n) is 6.44. The van der Waals surface area contributed by atoms with Crippen molar-refractivity contribution in [2.24, 2.45) is 23.3 Å². The highest BCUT2D eigenvalue weighted by molar-refractivity contribution is 7.90. The summed E-state index contributed by atoms with van der Waals surface area (Å²) in [4.78, 5) is 12.8. The molecule has 1 aromatic heterocycles. The first kappa shape index (κ1) is 23.2. The molecule has 1 aliphatic carbocycles. The molecule has 2 aromatic carbocycles. The van der Waals surface area contributed by atoms with Gasteiger partial charge in [0.05, 0.1) is 10.9 Å². The third kappa shape index (κ3) is 5.33. The maximum atomic E-state index is 13.1. The van der Waals surface area contributed by atoms with Crippen LogP contribution in [0.1, 0.15) is 44.2 Å². The molecule has 0 aliphatic heterocycles. The van der Waals surface area contributed by atoms with Crippen molar-refractivity contribution >= 4 is 33.0 Å². The van der Waals surface area contributed by atoms with Gasteiger partial charge in [-0.25, -0.2) is 4.39 Å². The van der Waals surface area contributed by atoms with E-state index in [0.717, 1.165) is 16.5 Å². The van der Waals surface area contributed by atoms with Crippen LogP contribution in [0.15, 0.2) is 64.0 Å². The van der Waals surface area contributed by atoms with Gasteiger partial charge in [-0.15, -0.1) is 0 Å². The zero-order valence-electron chi connectivity index (χ0n) is 18.7. The summed E-state index contributed by atoms with van der Waals surface area (Å²) in [6.45, 7) is 1.88. The van der Waals surface area contributed by atoms with Crippen molar-refractivity contribution < 1.29 is 17.6 Å². The predicted octanol–water partition coefficient (Wildman–Crippen LogP) is 4.76. The number of fused-ring (bicyclic) bond motifs is 1. The molecule has 1 atom stereocenters. The van der Waals surface area contributed by atoms with Crippen molar-refractivity contribution in [1.29, 1.82) is 0 Å². The van der Waals surface area contributed by atoms with Gasteiger partial charge in [0, 0.05) is 36.3 Å². The van der Waals surface area contributed by atoms with Crippen LogP contribution in [-0.2, 0) is 21.9 Å². The van der Waals surface area contributed by atoms with Crippen LogP contribution in [0.3, 0.4) is 0 Å². The van der Waals surface area contributed by atoms with Crippen LogP contribution in [0.25, 0.3) is 10.9 Å². The van der Waals surface area contributed by atoms with Crippen molar-refractivity contribution in [3.63, 3.8) is 0 Å². The summed E-state index contributed by atoms with van der Waals surface area (Å²) < 4.78 is 44.3. The molecule has 0 spiro atoms. The van der Waals surface area contributed by atoms with E-state index in [0.29, 0.717) is 25.7 Å². The lowest BCUT2D eigenvalue weighted by Gasteiger charge is -2.27. The molecule has 1 N–H and O–H groups in total. The molecule has 8 heteroatoms. The van der Waals surface area contributed by atoms with E-state index in [-0.39, 0.29) is 34.5 Å². The first-order valence-corrected chi connectivity index (χ1v) is 12.6. The second kappa shape index (κ2) is 9.47. The Bertz CT molecular complexity index is 1270. The number of aromatic nitrogens is 1. The highest BCUT2D eigenvalue weighted by Gasteiger charge is 2.27. The van der Waals surface area contributed by atoms with Gasteiger partial charge >= 0.3 is 0 Å². The molecule has 1 amide bonds. The fourth-order valence-electron chi connectivity index (χ4n) is 4.34. The van der Waals surface area contributed by atoms with Crippen molar-refractivity contribution in [1.82, 2.24) is 9.88 Å². The SMILES string of the molecule is C[C@@H](NC(=O)C1CCC(C=NS(=O)(=O)c2ccc3c(ccn3C)c2)CC1)c1ccc(F)cc1. The molecule has 4 rings (SSSR count). The molecule has 0 unspecified atom stereocenters. The lowest BCUT2D eigenvalue weighted by atomic mass is 9.82. The third-order valence-corrected chi connectivity index (χ3v) is 7.69. The van der Waals surface area contributed by atoms with E-state index >= 15 is 0 Å². The zero-order valence-corrected chi connectivity index (χ0v) is 19.6. The number of hydrogen-bond acceptors (Lipinski definition) is 3. The number of amides is 1. The minimum atomic E-state index is -3.77. The van der Waals surface area contributed by atoms with Gasteiger partial charge < -0.3 is 9.88 Å². The van der Waals surface area contributed by atoms with E-state index in [2.05, 4.69) is 9.71 Å². The second-order valence-corrected chi connectivity index (χ2v) is 10.4. The molecular weight excluding hydrogens is 441 g/mol. The molecule has 33 heavy (non-hydrogen) atoms. The number of carbonyl (C=O) groups excluding carboxylic acids is 1. The van der Waals surface area contributed by atoms with Crippen molar-refractivity contribution in [2.75, 3.05) is 0 Å². The van der Waals surface area contributed by atoms with E-state index in [9.17, 15) is 17.6 Å². The van der Waals surface area contributed by atoms with Gasteiger partial charge in [0.15, 0.2) is 0 Å². The van der Waals surface area contributed by atoms with Gasteiger partial charge in [0.1, 0.15) is 5.82 Å². The zero-order chi connectivity index (χ0) is 23.6. The van der Waals surface area contributed by atoms with Gasteiger partial charge in [-0.1, -0.05) is 12.1 Å². The van der Waals surface area contributed by atoms with Crippen LogP contribution in [0, 0.1) is 17.7 Å². The quantitative estimate of drug-likeness (QED) is 0.529. The number of hydrogen-bond donors (Lipinski definition) is 1. The van der Waals surface area contributed by atoms with Crippen molar-refractivity contribution in [3.8, 4) is 0 Å². The summed E-state index contributed by atoms with van der Waals surface area (Å²) in [5, 5.41) is 3.86. The maximum absolute atomic E-state index is 13.1. The largest absolute Gasteiger partial charge is 0.351 e. The van der Waals surface area contributed by atoms with Crippen LogP contribution in [0.4, 0.5) is 4.39 Å². The number of nitrogens with one attached hydrogen (secondary N) is 1. The smallest absolute Gasteiger partial charge is 0.282 e. The minimum Gasteiger partial charge on any atom is -0.351 e. The summed E-state index contributed by atoms with van der Waals surface area (Å²) in [6.07, 6.45) is 6.18. The Balaban J connectivity index is 1.32. The van der Waals surface area contributed by atoms with E-state index in [1.54, 1.807) is 30.3 Å². The summed E-state index contributed by atoms with van der Waals surface area (Å²) in [5.74, 6) is -0.417. The molecule has 3 aromatic rings. The maximum Gasteiger partial charge on any atom is 0.282 e. The van der Waals surface area contributed by atoms with Gasteiger partial charge in [-0.05, 0) is 80.5 Å². The van der Waals surface area contributed by atoms with Gasteiger partial charge in [0.2, 0.25) is 5.91 Å². The summed E-state index contributed by atoms with van der Waals surface area (Å²) in [5.41, 5.74) is 1.81. The van der Waals surface area contributed by atoms with Crippen LogP contribution in [0.2, 0.25) is 0 Å². The Morgan fingerprint density at radius 2 is 1.82 bits per heavy atom. The van der Waals surface area contributed by atoms with Crippen LogP contribution >= 0.6 is 0 Å². The fourth-order valence-corrected chi connectivity index (χ4v) is 5.31. The van der Waals surface area contributed by atoms with Gasteiger partial charge in [0.25, 0.3) is 10.0 Å². The Morgan fingerprint density at radius 1 is 1.12 bits per heavy atom. The molecule has 0 radical (unpaired) electrons. The molecule has 0 bridgehead atoms. The van der Waals surface area contributed by atoms with E-state index in [1.165, 1.54) is 18.3 Å². The first-order valence-electron chi connectivity index (χ1n) is 11.1. The second-order valence-electron chi connectivity index (χ2n) is 8.77. The number of rotatable bonds is 6. The lowest BCUT2D eigenvalue weighted by molar-refractivity contribution is -0.126. The number of aryl methyl sites for hydroxylation is 1. The first-order chi connectivity index (χ1) is 15.7. The summed E-state index contributed by atoms with van der Waals surface area (Å²) >= 11 is 0. The monoisotopic (exact) mass is 469 g/mol. The Hall–Kier alpha value is -3.00. The summed E-state index contributed by atoms with van der Waals surface area (Å²) in [6, 6.07) is 12.8. The Morgan fingerprint density at radius 3 is 2.52 bits per heavy atom. The number of benzene rings is 2. The number of nitrogens with zero attached hydrogens (tertiary/aromatic N) is 2.